The Morgan fingerprint density at radius 2 is 1.78 bits per heavy atom. The van der Waals surface area contributed by atoms with Crippen molar-refractivity contribution in [3.63, 3.8) is 0 Å². The van der Waals surface area contributed by atoms with Gasteiger partial charge in [0.2, 0.25) is 0 Å². The number of nitrogens with zero attached hydrogens (tertiary/aromatic N) is 3. The largest absolute Gasteiger partial charge is 0.350 e. The van der Waals surface area contributed by atoms with Crippen molar-refractivity contribution in [2.24, 2.45) is 5.41 Å². The third-order valence-corrected chi connectivity index (χ3v) is 6.35. The summed E-state index contributed by atoms with van der Waals surface area (Å²) in [7, 11) is 0. The molecule has 27 heavy (non-hydrogen) atoms. The van der Waals surface area contributed by atoms with E-state index < -0.39 is 0 Å². The number of fused-ring (bicyclic) bond motifs is 3. The molecule has 0 unspecified atom stereocenters. The van der Waals surface area contributed by atoms with Crippen LogP contribution in [0.4, 0.5) is 0 Å². The fourth-order valence-electron chi connectivity index (χ4n) is 3.81. The summed E-state index contributed by atoms with van der Waals surface area (Å²) in [6.07, 6.45) is 4.88. The van der Waals surface area contributed by atoms with Crippen LogP contribution in [0.5, 0.6) is 0 Å². The summed E-state index contributed by atoms with van der Waals surface area (Å²) in [5, 5.41) is 4.03. The molecule has 1 amide bonds. The first kappa shape index (κ1) is 20.3. The second-order valence-corrected chi connectivity index (χ2v) is 8.01. The van der Waals surface area contributed by atoms with Crippen molar-refractivity contribution in [3.8, 4) is 11.3 Å². The summed E-state index contributed by atoms with van der Waals surface area (Å²) >= 11 is 12.0. The standard InChI is InChI=1S/C19H20Cl2N4O.ClH/c20-14-2-1-13(9-15(14)21)16-10-17(24-12-23-16)18(26)22-11-19-3-6-25(7-4-19)8-5-19;/h1-2,9-10,12H,3-8,11H2,(H,22,26);1H. The van der Waals surface area contributed by atoms with Gasteiger partial charge in [0.15, 0.2) is 0 Å². The second kappa shape index (κ2) is 8.31. The van der Waals surface area contributed by atoms with Crippen LogP contribution in [0.1, 0.15) is 29.8 Å². The van der Waals surface area contributed by atoms with Crippen LogP contribution in [0, 0.1) is 5.41 Å². The van der Waals surface area contributed by atoms with Gasteiger partial charge in [-0.2, -0.15) is 0 Å². The number of carbonyl (C=O) groups is 1. The number of piperidine rings is 3. The first-order valence-electron chi connectivity index (χ1n) is 8.83. The highest BCUT2D eigenvalue weighted by Crippen LogP contribution is 2.39. The molecular formula is C19H21Cl3N4O. The number of hydrogen-bond acceptors (Lipinski definition) is 4. The number of nitrogens with one attached hydrogen (secondary N) is 1. The van der Waals surface area contributed by atoms with Crippen LogP contribution in [0.15, 0.2) is 30.6 Å². The van der Waals surface area contributed by atoms with E-state index in [1.54, 1.807) is 18.2 Å². The average molecular weight is 428 g/mol. The first-order valence-corrected chi connectivity index (χ1v) is 9.58. The Kier molecular flexibility index (Phi) is 6.26. The Hall–Kier alpha value is -1.40. The van der Waals surface area contributed by atoms with Crippen LogP contribution >= 0.6 is 35.6 Å². The van der Waals surface area contributed by atoms with Crippen molar-refractivity contribution >= 4 is 41.5 Å². The minimum Gasteiger partial charge on any atom is -0.350 e. The molecule has 2 aromatic rings. The third-order valence-electron chi connectivity index (χ3n) is 5.61. The number of amides is 1. The van der Waals surface area contributed by atoms with E-state index in [4.69, 9.17) is 23.2 Å². The topological polar surface area (TPSA) is 58.1 Å². The van der Waals surface area contributed by atoms with Crippen molar-refractivity contribution in [1.82, 2.24) is 20.2 Å². The maximum atomic E-state index is 12.6. The Bertz CT molecular complexity index is 824. The van der Waals surface area contributed by atoms with Crippen LogP contribution in [0.2, 0.25) is 10.0 Å². The quantitative estimate of drug-likeness (QED) is 0.798. The average Bonchev–Trinajstić information content (AvgIpc) is 2.70. The molecule has 8 heteroatoms. The molecule has 5 nitrogen and oxygen atoms in total. The first-order chi connectivity index (χ1) is 12.5. The van der Waals surface area contributed by atoms with Crippen molar-refractivity contribution < 1.29 is 4.79 Å². The van der Waals surface area contributed by atoms with Crippen LogP contribution < -0.4 is 5.32 Å². The summed E-state index contributed by atoms with van der Waals surface area (Å²) in [4.78, 5) is 23.5. The van der Waals surface area contributed by atoms with Gasteiger partial charge in [0.25, 0.3) is 5.91 Å². The molecule has 0 saturated carbocycles. The molecule has 1 N–H and O–H groups in total. The van der Waals surface area contributed by atoms with E-state index in [1.807, 2.05) is 6.07 Å². The Labute approximate surface area is 174 Å². The van der Waals surface area contributed by atoms with Gasteiger partial charge in [0, 0.05) is 12.1 Å². The van der Waals surface area contributed by atoms with Crippen LogP contribution in [0.25, 0.3) is 11.3 Å². The van der Waals surface area contributed by atoms with E-state index in [0.29, 0.717) is 28.0 Å². The van der Waals surface area contributed by atoms with Gasteiger partial charge < -0.3 is 10.2 Å². The smallest absolute Gasteiger partial charge is 0.270 e. The molecule has 144 valence electrons. The van der Waals surface area contributed by atoms with E-state index in [9.17, 15) is 4.79 Å². The zero-order valence-electron chi connectivity index (χ0n) is 14.8. The lowest BCUT2D eigenvalue weighted by Crippen LogP contribution is -2.52. The zero-order chi connectivity index (χ0) is 18.1. The zero-order valence-corrected chi connectivity index (χ0v) is 17.1. The van der Waals surface area contributed by atoms with Crippen LogP contribution in [-0.4, -0.2) is 47.0 Å². The molecular weight excluding hydrogens is 407 g/mol. The lowest BCUT2D eigenvalue weighted by Gasteiger charge is -2.48. The maximum absolute atomic E-state index is 12.6. The minimum atomic E-state index is -0.156. The fourth-order valence-corrected chi connectivity index (χ4v) is 4.11. The van der Waals surface area contributed by atoms with Gasteiger partial charge in [-0.25, -0.2) is 9.97 Å². The highest BCUT2D eigenvalue weighted by atomic mass is 35.5. The SMILES string of the molecule is Cl.O=C(NCC12CCN(CC1)CC2)c1cc(-c2ccc(Cl)c(Cl)c2)ncn1. The number of rotatable bonds is 4. The maximum Gasteiger partial charge on any atom is 0.270 e. The molecule has 1 aromatic heterocycles. The molecule has 0 aliphatic carbocycles. The lowest BCUT2D eigenvalue weighted by molar-refractivity contribution is 0.0261. The second-order valence-electron chi connectivity index (χ2n) is 7.19. The van der Waals surface area contributed by atoms with Crippen molar-refractivity contribution in [3.05, 3.63) is 46.3 Å². The van der Waals surface area contributed by atoms with E-state index in [1.165, 1.54) is 6.33 Å². The van der Waals surface area contributed by atoms with Crippen molar-refractivity contribution in [2.75, 3.05) is 26.2 Å². The van der Waals surface area contributed by atoms with Gasteiger partial charge in [-0.15, -0.1) is 12.4 Å². The molecule has 3 aliphatic rings. The predicted molar refractivity (Wildman–Crippen MR) is 110 cm³/mol. The van der Waals surface area contributed by atoms with Crippen molar-refractivity contribution in [1.29, 1.82) is 0 Å². The van der Waals surface area contributed by atoms with Crippen LogP contribution in [0.3, 0.4) is 0 Å². The molecule has 3 saturated heterocycles. The van der Waals surface area contributed by atoms with Gasteiger partial charge in [-0.3, -0.25) is 4.79 Å². The molecule has 5 rings (SSSR count). The van der Waals surface area contributed by atoms with Gasteiger partial charge in [0.05, 0.1) is 15.7 Å². The van der Waals surface area contributed by atoms with Gasteiger partial charge in [-0.05, 0) is 62.5 Å². The van der Waals surface area contributed by atoms with E-state index in [0.717, 1.165) is 44.5 Å². The van der Waals surface area contributed by atoms with E-state index in [2.05, 4.69) is 20.2 Å². The number of hydrogen-bond donors (Lipinski definition) is 1. The van der Waals surface area contributed by atoms with Crippen LogP contribution in [-0.2, 0) is 0 Å². The number of carbonyl (C=O) groups excluding carboxylic acids is 1. The minimum absolute atomic E-state index is 0. The summed E-state index contributed by atoms with van der Waals surface area (Å²) < 4.78 is 0. The third kappa shape index (κ3) is 4.37. The lowest BCUT2D eigenvalue weighted by atomic mass is 9.72. The van der Waals surface area contributed by atoms with Crippen molar-refractivity contribution in [2.45, 2.75) is 19.3 Å². The van der Waals surface area contributed by atoms with Gasteiger partial charge in [0.1, 0.15) is 12.0 Å². The Morgan fingerprint density at radius 3 is 2.44 bits per heavy atom. The van der Waals surface area contributed by atoms with E-state index >= 15 is 0 Å². The Morgan fingerprint density at radius 1 is 1.07 bits per heavy atom. The normalized spacial score (nSPS) is 23.6. The molecule has 2 bridgehead atoms. The molecule has 0 atom stereocenters. The monoisotopic (exact) mass is 426 g/mol. The molecule has 4 heterocycles. The number of aromatic nitrogens is 2. The highest BCUT2D eigenvalue weighted by molar-refractivity contribution is 6.42. The van der Waals surface area contributed by atoms with E-state index in [-0.39, 0.29) is 23.7 Å². The predicted octanol–water partition coefficient (Wildman–Crippen LogP) is 4.09. The summed E-state index contributed by atoms with van der Waals surface area (Å²) in [6.45, 7) is 4.15. The fraction of sp³-hybridized carbons (Fsp3) is 0.421. The summed E-state index contributed by atoms with van der Waals surface area (Å²) in [6, 6.07) is 6.97. The summed E-state index contributed by atoms with van der Waals surface area (Å²) in [5.41, 5.74) is 2.07. The highest BCUT2D eigenvalue weighted by Gasteiger charge is 2.39. The molecule has 3 fully saturated rings. The Balaban J connectivity index is 0.00000210. The van der Waals surface area contributed by atoms with Gasteiger partial charge in [-0.1, -0.05) is 29.3 Å². The molecule has 0 spiro atoms. The van der Waals surface area contributed by atoms with Gasteiger partial charge >= 0.3 is 0 Å². The number of halogens is 3. The summed E-state index contributed by atoms with van der Waals surface area (Å²) in [5.74, 6) is -0.156. The molecule has 1 aromatic carbocycles. The molecule has 0 radical (unpaired) electrons. The molecule has 3 aliphatic heterocycles. The number of benzene rings is 1.